The topological polar surface area (TPSA) is 47.9 Å². The number of nitrogens with zero attached hydrogens (tertiary/aromatic N) is 2. The molecule has 0 radical (unpaired) electrons. The molecule has 1 fully saturated rings. The third kappa shape index (κ3) is 6.44. The van der Waals surface area contributed by atoms with Gasteiger partial charge < -0.3 is 15.3 Å². The lowest BCUT2D eigenvalue weighted by Gasteiger charge is -2.15. The highest BCUT2D eigenvalue weighted by Gasteiger charge is 2.13. The third-order valence-electron chi connectivity index (χ3n) is 2.94. The number of aliphatic hydroxyl groups is 1. The van der Waals surface area contributed by atoms with Crippen LogP contribution in [-0.4, -0.2) is 48.6 Å². The Labute approximate surface area is 104 Å². The van der Waals surface area contributed by atoms with Crippen LogP contribution in [0.5, 0.6) is 0 Å². The summed E-state index contributed by atoms with van der Waals surface area (Å²) in [7, 11) is 1.90. The van der Waals surface area contributed by atoms with E-state index >= 15 is 0 Å². The van der Waals surface area contributed by atoms with Crippen molar-refractivity contribution in [3.63, 3.8) is 0 Å². The Morgan fingerprint density at radius 2 is 2.24 bits per heavy atom. The molecule has 1 aliphatic rings. The van der Waals surface area contributed by atoms with E-state index in [0.29, 0.717) is 12.6 Å². The molecule has 0 saturated heterocycles. The van der Waals surface area contributed by atoms with Crippen LogP contribution in [0.2, 0.25) is 0 Å². The molecule has 1 saturated carbocycles. The Balaban J connectivity index is 2.16. The van der Waals surface area contributed by atoms with Gasteiger partial charge in [0.25, 0.3) is 0 Å². The van der Waals surface area contributed by atoms with Gasteiger partial charge in [0.2, 0.25) is 0 Å². The minimum absolute atomic E-state index is 0.337. The molecule has 0 aromatic carbocycles. The second kappa shape index (κ2) is 7.45. The van der Waals surface area contributed by atoms with Crippen LogP contribution in [0.15, 0.2) is 17.3 Å². The van der Waals surface area contributed by atoms with Crippen LogP contribution in [0, 0.1) is 0 Å². The summed E-state index contributed by atoms with van der Waals surface area (Å²) in [6.07, 6.45) is 6.62. The molecule has 0 amide bonds. The maximum atomic E-state index is 9.20. The van der Waals surface area contributed by atoms with Crippen molar-refractivity contribution in [1.29, 1.82) is 0 Å². The van der Waals surface area contributed by atoms with E-state index in [-0.39, 0.29) is 6.10 Å². The Morgan fingerprint density at radius 3 is 2.82 bits per heavy atom. The lowest BCUT2D eigenvalue weighted by atomic mass is 10.2. The molecule has 1 unspecified atom stereocenters. The standard InChI is InChI=1S/C13H25N3O/c1-11(8-14-13-6-4-5-7-13)15-10-16(3)9-12(2)17/h10,12-14,17H,1,4-9H2,2-3H3. The van der Waals surface area contributed by atoms with E-state index in [4.69, 9.17) is 0 Å². The monoisotopic (exact) mass is 239 g/mol. The van der Waals surface area contributed by atoms with Crippen LogP contribution in [0.4, 0.5) is 0 Å². The van der Waals surface area contributed by atoms with E-state index in [0.717, 1.165) is 12.2 Å². The number of likely N-dealkylation sites (N-methyl/N-ethyl adjacent to an activating group) is 1. The molecule has 0 spiro atoms. The minimum atomic E-state index is -0.337. The van der Waals surface area contributed by atoms with Gasteiger partial charge in [0, 0.05) is 31.9 Å². The highest BCUT2D eigenvalue weighted by molar-refractivity contribution is 5.56. The molecule has 17 heavy (non-hydrogen) atoms. The average molecular weight is 239 g/mol. The van der Waals surface area contributed by atoms with E-state index in [9.17, 15) is 5.11 Å². The summed E-state index contributed by atoms with van der Waals surface area (Å²) in [5.74, 6) is 0. The quantitative estimate of drug-likeness (QED) is 0.521. The van der Waals surface area contributed by atoms with Crippen LogP contribution < -0.4 is 5.32 Å². The number of hydrogen-bond donors (Lipinski definition) is 2. The average Bonchev–Trinajstić information content (AvgIpc) is 2.75. The fraction of sp³-hybridized carbons (Fsp3) is 0.769. The third-order valence-corrected chi connectivity index (χ3v) is 2.94. The van der Waals surface area contributed by atoms with Crippen molar-refractivity contribution in [3.05, 3.63) is 12.3 Å². The summed E-state index contributed by atoms with van der Waals surface area (Å²) >= 11 is 0. The lowest BCUT2D eigenvalue weighted by Crippen LogP contribution is -2.28. The second-order valence-electron chi connectivity index (χ2n) is 4.96. The maximum Gasteiger partial charge on any atom is 0.0906 e. The molecule has 0 aromatic heterocycles. The van der Waals surface area contributed by atoms with Gasteiger partial charge in [-0.05, 0) is 19.8 Å². The zero-order valence-corrected chi connectivity index (χ0v) is 11.0. The molecule has 0 aliphatic heterocycles. The zero-order valence-electron chi connectivity index (χ0n) is 11.0. The highest BCUT2D eigenvalue weighted by Crippen LogP contribution is 2.17. The van der Waals surface area contributed by atoms with Crippen molar-refractivity contribution < 1.29 is 5.11 Å². The summed E-state index contributed by atoms with van der Waals surface area (Å²) in [4.78, 5) is 6.14. The van der Waals surface area contributed by atoms with Crippen molar-refractivity contribution in [2.24, 2.45) is 4.99 Å². The summed E-state index contributed by atoms with van der Waals surface area (Å²) < 4.78 is 0. The molecule has 0 heterocycles. The zero-order chi connectivity index (χ0) is 12.7. The molecular weight excluding hydrogens is 214 g/mol. The van der Waals surface area contributed by atoms with Crippen LogP contribution in [0.3, 0.4) is 0 Å². The molecular formula is C13H25N3O. The van der Waals surface area contributed by atoms with E-state index in [1.54, 1.807) is 13.3 Å². The van der Waals surface area contributed by atoms with Crippen molar-refractivity contribution in [1.82, 2.24) is 10.2 Å². The first-order valence-electron chi connectivity index (χ1n) is 6.41. The van der Waals surface area contributed by atoms with E-state index in [2.05, 4.69) is 16.9 Å². The van der Waals surface area contributed by atoms with E-state index in [1.165, 1.54) is 25.7 Å². The first-order chi connectivity index (χ1) is 8.08. The van der Waals surface area contributed by atoms with Crippen LogP contribution in [0.1, 0.15) is 32.6 Å². The second-order valence-corrected chi connectivity index (χ2v) is 4.96. The van der Waals surface area contributed by atoms with Gasteiger partial charge in [0.1, 0.15) is 0 Å². The smallest absolute Gasteiger partial charge is 0.0906 e. The van der Waals surface area contributed by atoms with Gasteiger partial charge in [-0.15, -0.1) is 0 Å². The van der Waals surface area contributed by atoms with Gasteiger partial charge in [-0.3, -0.25) is 0 Å². The van der Waals surface area contributed by atoms with Gasteiger partial charge in [0.05, 0.1) is 12.4 Å². The maximum absolute atomic E-state index is 9.20. The molecule has 4 heteroatoms. The summed E-state index contributed by atoms with van der Waals surface area (Å²) in [5.41, 5.74) is 0.842. The highest BCUT2D eigenvalue weighted by atomic mass is 16.3. The molecule has 1 aliphatic carbocycles. The summed E-state index contributed by atoms with van der Waals surface area (Å²) in [6, 6.07) is 0.650. The Kier molecular flexibility index (Phi) is 6.22. The SMILES string of the molecule is C=C(CNC1CCCC1)N=CN(C)CC(C)O. The molecule has 2 N–H and O–H groups in total. The van der Waals surface area contributed by atoms with Crippen LogP contribution >= 0.6 is 0 Å². The van der Waals surface area contributed by atoms with Crippen molar-refractivity contribution in [3.8, 4) is 0 Å². The minimum Gasteiger partial charge on any atom is -0.392 e. The van der Waals surface area contributed by atoms with Gasteiger partial charge in [-0.1, -0.05) is 19.4 Å². The van der Waals surface area contributed by atoms with E-state index in [1.807, 2.05) is 11.9 Å². The Hall–Kier alpha value is -0.870. The summed E-state index contributed by atoms with van der Waals surface area (Å²) in [5, 5.41) is 12.7. The van der Waals surface area contributed by atoms with Crippen molar-refractivity contribution in [2.45, 2.75) is 44.8 Å². The van der Waals surface area contributed by atoms with Gasteiger partial charge in [-0.25, -0.2) is 4.99 Å². The van der Waals surface area contributed by atoms with Gasteiger partial charge >= 0.3 is 0 Å². The van der Waals surface area contributed by atoms with Crippen molar-refractivity contribution >= 4 is 6.34 Å². The van der Waals surface area contributed by atoms with Crippen LogP contribution in [-0.2, 0) is 0 Å². The molecule has 4 nitrogen and oxygen atoms in total. The number of rotatable bonds is 7. The Bertz CT molecular complexity index is 257. The predicted molar refractivity (Wildman–Crippen MR) is 72.2 cm³/mol. The summed E-state index contributed by atoms with van der Waals surface area (Å²) in [6.45, 7) is 7.03. The number of aliphatic hydroxyl groups excluding tert-OH is 1. The molecule has 1 rings (SSSR count). The number of hydrogen-bond acceptors (Lipinski definition) is 3. The molecule has 98 valence electrons. The molecule has 0 bridgehead atoms. The number of nitrogens with one attached hydrogen (secondary N) is 1. The number of aliphatic imine (C=N–C) groups is 1. The van der Waals surface area contributed by atoms with Crippen LogP contribution in [0.25, 0.3) is 0 Å². The van der Waals surface area contributed by atoms with E-state index < -0.39 is 0 Å². The molecule has 1 atom stereocenters. The predicted octanol–water partition coefficient (Wildman–Crippen LogP) is 1.37. The normalized spacial score (nSPS) is 18.8. The largest absolute Gasteiger partial charge is 0.392 e. The van der Waals surface area contributed by atoms with Crippen molar-refractivity contribution in [2.75, 3.05) is 20.1 Å². The fourth-order valence-electron chi connectivity index (χ4n) is 2.08. The fourth-order valence-corrected chi connectivity index (χ4v) is 2.08. The first kappa shape index (κ1) is 14.2. The van der Waals surface area contributed by atoms with Gasteiger partial charge in [0.15, 0.2) is 0 Å². The van der Waals surface area contributed by atoms with Gasteiger partial charge in [-0.2, -0.15) is 0 Å². The molecule has 0 aromatic rings. The Morgan fingerprint density at radius 1 is 1.59 bits per heavy atom. The lowest BCUT2D eigenvalue weighted by molar-refractivity contribution is 0.169. The first-order valence-corrected chi connectivity index (χ1v) is 6.41.